The molecule has 25 heavy (non-hydrogen) atoms. The Balaban J connectivity index is 1.88. The van der Waals surface area contributed by atoms with Crippen molar-refractivity contribution in [2.75, 3.05) is 13.1 Å². The Morgan fingerprint density at radius 3 is 2.44 bits per heavy atom. The molecule has 0 saturated carbocycles. The third kappa shape index (κ3) is 5.78. The molecule has 1 aliphatic rings. The minimum atomic E-state index is -3.45. The van der Waals surface area contributed by atoms with Crippen molar-refractivity contribution in [3.05, 3.63) is 35.6 Å². The quantitative estimate of drug-likeness (QED) is 0.802. The highest BCUT2D eigenvalue weighted by Gasteiger charge is 2.31. The second kappa shape index (κ2) is 8.76. The van der Waals surface area contributed by atoms with Gasteiger partial charge in [0, 0.05) is 25.0 Å². The Hall–Kier alpha value is -1.47. The maximum absolute atomic E-state index is 12.9. The van der Waals surface area contributed by atoms with Crippen LogP contribution in [0.1, 0.15) is 45.1 Å². The normalized spacial score (nSPS) is 18.0. The molecule has 2 rings (SSSR count). The van der Waals surface area contributed by atoms with Gasteiger partial charge in [0.15, 0.2) is 0 Å². The second-order valence-electron chi connectivity index (χ2n) is 6.75. The zero-order chi connectivity index (χ0) is 18.4. The number of hydrogen-bond acceptors (Lipinski definition) is 3. The number of nitrogens with zero attached hydrogens (tertiary/aromatic N) is 1. The largest absolute Gasteiger partial charge is 0.353 e. The summed E-state index contributed by atoms with van der Waals surface area (Å²) in [6, 6.07) is 5.65. The number of rotatable bonds is 7. The minimum absolute atomic E-state index is 0.0246. The van der Waals surface area contributed by atoms with Crippen LogP contribution in [0.15, 0.2) is 24.3 Å². The monoisotopic (exact) mass is 370 g/mol. The van der Waals surface area contributed by atoms with Crippen LogP contribution in [0.3, 0.4) is 0 Å². The Morgan fingerprint density at radius 2 is 1.88 bits per heavy atom. The highest BCUT2D eigenvalue weighted by molar-refractivity contribution is 7.88. The van der Waals surface area contributed by atoms with E-state index in [9.17, 15) is 17.6 Å². The molecule has 1 aliphatic heterocycles. The third-order valence-corrected chi connectivity index (χ3v) is 6.44. The zero-order valence-electron chi connectivity index (χ0n) is 14.9. The maximum atomic E-state index is 12.9. The van der Waals surface area contributed by atoms with Crippen LogP contribution in [-0.4, -0.2) is 37.8 Å². The van der Waals surface area contributed by atoms with Gasteiger partial charge in [0.1, 0.15) is 5.82 Å². The number of nitrogens with one attached hydrogen (secondary N) is 1. The number of benzene rings is 1. The Morgan fingerprint density at radius 1 is 1.28 bits per heavy atom. The molecule has 1 saturated heterocycles. The molecule has 1 heterocycles. The summed E-state index contributed by atoms with van der Waals surface area (Å²) in [6.07, 6.45) is 3.03. The number of amides is 1. The van der Waals surface area contributed by atoms with Crippen LogP contribution < -0.4 is 5.32 Å². The van der Waals surface area contributed by atoms with E-state index >= 15 is 0 Å². The van der Waals surface area contributed by atoms with Gasteiger partial charge in [0.05, 0.1) is 5.75 Å². The van der Waals surface area contributed by atoms with Gasteiger partial charge in [-0.2, -0.15) is 0 Å². The van der Waals surface area contributed by atoms with E-state index in [0.717, 1.165) is 12.8 Å². The molecule has 1 fully saturated rings. The number of piperidine rings is 1. The summed E-state index contributed by atoms with van der Waals surface area (Å²) in [5, 5.41) is 3.01. The Bertz CT molecular complexity index is 668. The first-order valence-electron chi connectivity index (χ1n) is 8.84. The Kier molecular flexibility index (Phi) is 6.95. The van der Waals surface area contributed by atoms with Crippen molar-refractivity contribution in [3.8, 4) is 0 Å². The van der Waals surface area contributed by atoms with E-state index < -0.39 is 10.0 Å². The molecule has 0 unspecified atom stereocenters. The first-order chi connectivity index (χ1) is 11.8. The SMILES string of the molecule is CCC[C@H](C)NC(=O)C1CCN(S(=O)(=O)Cc2ccc(F)cc2)CC1. The van der Waals surface area contributed by atoms with Gasteiger partial charge in [-0.05, 0) is 43.9 Å². The van der Waals surface area contributed by atoms with E-state index in [-0.39, 0.29) is 29.4 Å². The smallest absolute Gasteiger partial charge is 0.223 e. The fourth-order valence-corrected chi connectivity index (χ4v) is 4.71. The van der Waals surface area contributed by atoms with Crippen LogP contribution in [0.2, 0.25) is 0 Å². The van der Waals surface area contributed by atoms with Crippen LogP contribution in [0, 0.1) is 11.7 Å². The fourth-order valence-electron chi connectivity index (χ4n) is 3.14. The second-order valence-corrected chi connectivity index (χ2v) is 8.72. The maximum Gasteiger partial charge on any atom is 0.223 e. The van der Waals surface area contributed by atoms with Gasteiger partial charge in [0.2, 0.25) is 15.9 Å². The predicted molar refractivity (Wildman–Crippen MR) is 95.8 cm³/mol. The van der Waals surface area contributed by atoms with E-state index in [1.807, 2.05) is 6.92 Å². The number of carbonyl (C=O) groups excluding carboxylic acids is 1. The van der Waals surface area contributed by atoms with E-state index in [2.05, 4.69) is 12.2 Å². The van der Waals surface area contributed by atoms with Crippen molar-refractivity contribution in [2.45, 2.75) is 51.3 Å². The summed E-state index contributed by atoms with van der Waals surface area (Å²) in [6.45, 7) is 4.77. The number of sulfonamides is 1. The van der Waals surface area contributed by atoms with Crippen molar-refractivity contribution in [3.63, 3.8) is 0 Å². The fraction of sp³-hybridized carbons (Fsp3) is 0.611. The van der Waals surface area contributed by atoms with Gasteiger partial charge < -0.3 is 5.32 Å². The molecule has 1 amide bonds. The first kappa shape index (κ1) is 19.8. The van der Waals surface area contributed by atoms with Crippen molar-refractivity contribution in [1.29, 1.82) is 0 Å². The van der Waals surface area contributed by atoms with Crippen molar-refractivity contribution in [1.82, 2.24) is 9.62 Å². The van der Waals surface area contributed by atoms with E-state index in [1.54, 1.807) is 0 Å². The number of hydrogen-bond donors (Lipinski definition) is 1. The van der Waals surface area contributed by atoms with Crippen LogP contribution >= 0.6 is 0 Å². The van der Waals surface area contributed by atoms with E-state index in [1.165, 1.54) is 28.6 Å². The lowest BCUT2D eigenvalue weighted by atomic mass is 9.96. The lowest BCUT2D eigenvalue weighted by Gasteiger charge is -2.31. The van der Waals surface area contributed by atoms with Gasteiger partial charge in [-0.3, -0.25) is 4.79 Å². The topological polar surface area (TPSA) is 66.5 Å². The zero-order valence-corrected chi connectivity index (χ0v) is 15.7. The molecule has 7 heteroatoms. The predicted octanol–water partition coefficient (Wildman–Crippen LogP) is 2.67. The average Bonchev–Trinajstić information content (AvgIpc) is 2.57. The summed E-state index contributed by atoms with van der Waals surface area (Å²) in [5.74, 6) is -0.629. The summed E-state index contributed by atoms with van der Waals surface area (Å²) in [7, 11) is -3.45. The molecule has 5 nitrogen and oxygen atoms in total. The molecule has 0 aromatic heterocycles. The molecule has 0 aliphatic carbocycles. The molecular weight excluding hydrogens is 343 g/mol. The number of carbonyl (C=O) groups is 1. The third-order valence-electron chi connectivity index (χ3n) is 4.59. The minimum Gasteiger partial charge on any atom is -0.353 e. The highest BCUT2D eigenvalue weighted by Crippen LogP contribution is 2.22. The molecule has 1 aromatic carbocycles. The summed E-state index contributed by atoms with van der Waals surface area (Å²) in [4.78, 5) is 12.2. The molecular formula is C18H27FN2O3S. The highest BCUT2D eigenvalue weighted by atomic mass is 32.2. The van der Waals surface area contributed by atoms with Gasteiger partial charge in [0.25, 0.3) is 0 Å². The molecule has 1 aromatic rings. The van der Waals surface area contributed by atoms with Crippen LogP contribution in [0.5, 0.6) is 0 Å². The first-order valence-corrected chi connectivity index (χ1v) is 10.5. The standard InChI is InChI=1S/C18H27FN2O3S/c1-3-4-14(2)20-18(22)16-9-11-21(12-10-16)25(23,24)13-15-5-7-17(19)8-6-15/h5-8,14,16H,3-4,9-13H2,1-2H3,(H,20,22)/t14-/m0/s1. The van der Waals surface area contributed by atoms with Gasteiger partial charge in [-0.15, -0.1) is 0 Å². The number of halogens is 1. The van der Waals surface area contributed by atoms with Gasteiger partial charge >= 0.3 is 0 Å². The molecule has 0 bridgehead atoms. The lowest BCUT2D eigenvalue weighted by Crippen LogP contribution is -2.45. The van der Waals surface area contributed by atoms with Crippen LogP contribution in [-0.2, 0) is 20.6 Å². The Labute approximate surface area is 149 Å². The van der Waals surface area contributed by atoms with Crippen LogP contribution in [0.4, 0.5) is 4.39 Å². The van der Waals surface area contributed by atoms with Gasteiger partial charge in [-0.25, -0.2) is 17.1 Å². The van der Waals surface area contributed by atoms with Gasteiger partial charge in [-0.1, -0.05) is 25.5 Å². The van der Waals surface area contributed by atoms with Crippen molar-refractivity contribution >= 4 is 15.9 Å². The van der Waals surface area contributed by atoms with E-state index in [0.29, 0.717) is 31.5 Å². The van der Waals surface area contributed by atoms with Crippen molar-refractivity contribution in [2.24, 2.45) is 5.92 Å². The molecule has 0 radical (unpaired) electrons. The molecule has 0 spiro atoms. The van der Waals surface area contributed by atoms with Crippen LogP contribution in [0.25, 0.3) is 0 Å². The lowest BCUT2D eigenvalue weighted by molar-refractivity contribution is -0.126. The molecule has 140 valence electrons. The summed E-state index contributed by atoms with van der Waals surface area (Å²) < 4.78 is 39.4. The molecule has 1 N–H and O–H groups in total. The average molecular weight is 370 g/mol. The van der Waals surface area contributed by atoms with Crippen molar-refractivity contribution < 1.29 is 17.6 Å². The van der Waals surface area contributed by atoms with E-state index in [4.69, 9.17) is 0 Å². The summed E-state index contributed by atoms with van der Waals surface area (Å²) in [5.41, 5.74) is 0.564. The summed E-state index contributed by atoms with van der Waals surface area (Å²) >= 11 is 0. The molecule has 1 atom stereocenters.